The highest BCUT2D eigenvalue weighted by atomic mass is 28.4. The summed E-state index contributed by atoms with van der Waals surface area (Å²) in [6.45, 7) is 13.0. The van der Waals surface area contributed by atoms with Crippen LogP contribution in [0.1, 0.15) is 47.0 Å². The molecule has 5 aliphatic heterocycles. The van der Waals surface area contributed by atoms with Crippen LogP contribution in [-0.4, -0.2) is 68.8 Å². The molecule has 1 saturated carbocycles. The van der Waals surface area contributed by atoms with Crippen LogP contribution in [0.4, 0.5) is 0 Å². The minimum absolute atomic E-state index is 0.0119. The normalized spacial score (nSPS) is 40.0. The molecule has 2 spiro atoms. The third-order valence-corrected chi connectivity index (χ3v) is 13.7. The molecule has 4 bridgehead atoms. The maximum absolute atomic E-state index is 14.2. The fourth-order valence-electron chi connectivity index (χ4n) is 6.25. The molecular formula is C24H38N2O4Si. The molecule has 6 nitrogen and oxygen atoms in total. The van der Waals surface area contributed by atoms with Crippen LogP contribution in [0.15, 0.2) is 24.0 Å². The van der Waals surface area contributed by atoms with Gasteiger partial charge in [-0.15, -0.1) is 0 Å². The van der Waals surface area contributed by atoms with E-state index in [1.54, 1.807) is 12.0 Å². The first-order chi connectivity index (χ1) is 14.2. The van der Waals surface area contributed by atoms with Crippen molar-refractivity contribution in [1.29, 1.82) is 0 Å². The van der Waals surface area contributed by atoms with Gasteiger partial charge >= 0.3 is 0 Å². The highest BCUT2D eigenvalue weighted by Gasteiger charge is 2.73. The monoisotopic (exact) mass is 446 g/mol. The largest absolute Gasteiger partial charge is 0.500 e. The number of carbonyl (C=O) groups is 2. The van der Waals surface area contributed by atoms with E-state index in [9.17, 15) is 9.59 Å². The minimum atomic E-state index is -2.17. The molecule has 7 heteroatoms. The summed E-state index contributed by atoms with van der Waals surface area (Å²) in [6.07, 6.45) is 8.37. The lowest BCUT2D eigenvalue weighted by Gasteiger charge is -2.66. The molecule has 5 heterocycles. The lowest BCUT2D eigenvalue weighted by atomic mass is 9.51. The zero-order chi connectivity index (χ0) is 23.2. The van der Waals surface area contributed by atoms with Gasteiger partial charge in [-0.2, -0.15) is 0 Å². The first kappa shape index (κ1) is 22.6. The van der Waals surface area contributed by atoms with Crippen LogP contribution in [0.2, 0.25) is 18.1 Å². The number of amides is 2. The summed E-state index contributed by atoms with van der Waals surface area (Å²) in [6, 6.07) is -0.388. The molecule has 0 aromatic carbocycles. The van der Waals surface area contributed by atoms with E-state index < -0.39 is 24.7 Å². The Kier molecular flexibility index (Phi) is 4.71. The van der Waals surface area contributed by atoms with Crippen LogP contribution < -0.4 is 0 Å². The summed E-state index contributed by atoms with van der Waals surface area (Å²) < 4.78 is 12.9. The van der Waals surface area contributed by atoms with E-state index in [1.165, 1.54) is 0 Å². The number of rotatable bonds is 3. The summed E-state index contributed by atoms with van der Waals surface area (Å²) in [7, 11) is 3.16. The van der Waals surface area contributed by atoms with E-state index in [0.717, 1.165) is 12.8 Å². The number of hydrogen-bond donors (Lipinski definition) is 0. The van der Waals surface area contributed by atoms with Crippen LogP contribution >= 0.6 is 0 Å². The molecule has 31 heavy (non-hydrogen) atoms. The van der Waals surface area contributed by atoms with Crippen molar-refractivity contribution in [3.63, 3.8) is 0 Å². The zero-order valence-electron chi connectivity index (χ0n) is 20.5. The van der Waals surface area contributed by atoms with Gasteiger partial charge in [-0.1, -0.05) is 32.9 Å². The number of ether oxygens (including phenoxy) is 1. The molecule has 0 unspecified atom stereocenters. The Labute approximate surface area is 187 Å². The van der Waals surface area contributed by atoms with Gasteiger partial charge in [0.25, 0.3) is 0 Å². The molecule has 7 rings (SSSR count). The summed E-state index contributed by atoms with van der Waals surface area (Å²) in [4.78, 5) is 31.8. The molecule has 0 radical (unpaired) electrons. The van der Waals surface area contributed by atoms with Crippen molar-refractivity contribution in [1.82, 2.24) is 9.80 Å². The van der Waals surface area contributed by atoms with Crippen molar-refractivity contribution in [3.8, 4) is 0 Å². The van der Waals surface area contributed by atoms with Crippen LogP contribution in [0.25, 0.3) is 0 Å². The number of likely N-dealkylation sites (N-methyl/N-ethyl adjacent to an activating group) is 2. The fourth-order valence-corrected chi connectivity index (χ4v) is 7.62. The van der Waals surface area contributed by atoms with E-state index in [1.807, 2.05) is 25.9 Å². The first-order valence-electron chi connectivity index (χ1n) is 11.4. The van der Waals surface area contributed by atoms with E-state index in [2.05, 4.69) is 52.1 Å². The number of carbonyl (C=O) groups excluding carboxylic acids is 2. The quantitative estimate of drug-likeness (QED) is 0.490. The summed E-state index contributed by atoms with van der Waals surface area (Å²) in [5.74, 6) is 0.736. The Hall–Kier alpha value is -1.60. The molecule has 7 aliphatic rings. The van der Waals surface area contributed by atoms with Gasteiger partial charge < -0.3 is 19.0 Å². The molecule has 0 aromatic heterocycles. The van der Waals surface area contributed by atoms with Crippen LogP contribution in [-0.2, 0) is 18.8 Å². The zero-order valence-corrected chi connectivity index (χ0v) is 21.5. The van der Waals surface area contributed by atoms with Gasteiger partial charge in [-0.25, -0.2) is 0 Å². The molecule has 0 N–H and O–H groups in total. The second-order valence-corrected chi connectivity index (χ2v) is 16.3. The number of hydrogen-bond acceptors (Lipinski definition) is 4. The molecule has 1 saturated heterocycles. The topological polar surface area (TPSA) is 59.1 Å². The third kappa shape index (κ3) is 2.48. The predicted octanol–water partition coefficient (Wildman–Crippen LogP) is 3.70. The third-order valence-electron chi connectivity index (χ3n) is 9.17. The Morgan fingerprint density at radius 2 is 1.81 bits per heavy atom. The van der Waals surface area contributed by atoms with Crippen molar-refractivity contribution in [3.05, 3.63) is 24.0 Å². The average Bonchev–Trinajstić information content (AvgIpc) is 2.67. The Balaban J connectivity index is 2.00. The van der Waals surface area contributed by atoms with Gasteiger partial charge in [0.15, 0.2) is 8.32 Å². The van der Waals surface area contributed by atoms with Crippen molar-refractivity contribution in [2.75, 3.05) is 21.2 Å². The van der Waals surface area contributed by atoms with Crippen LogP contribution in [0.5, 0.6) is 0 Å². The Bertz CT molecular complexity index is 891. The Morgan fingerprint density at radius 3 is 2.39 bits per heavy atom. The maximum Gasteiger partial charge on any atom is 0.239 e. The maximum atomic E-state index is 14.2. The first-order valence-corrected chi connectivity index (χ1v) is 14.3. The Morgan fingerprint density at radius 1 is 1.16 bits per heavy atom. The van der Waals surface area contributed by atoms with Gasteiger partial charge in [0, 0.05) is 14.1 Å². The van der Waals surface area contributed by atoms with Gasteiger partial charge in [-0.05, 0) is 50.4 Å². The number of nitrogens with zero attached hydrogens (tertiary/aromatic N) is 2. The van der Waals surface area contributed by atoms with E-state index >= 15 is 0 Å². The van der Waals surface area contributed by atoms with E-state index in [0.29, 0.717) is 12.2 Å². The summed E-state index contributed by atoms with van der Waals surface area (Å²) in [5, 5.41) is 0.0200. The average molecular weight is 447 g/mol. The lowest BCUT2D eigenvalue weighted by molar-refractivity contribution is -0.186. The van der Waals surface area contributed by atoms with Gasteiger partial charge in [0.2, 0.25) is 11.8 Å². The van der Waals surface area contributed by atoms with Gasteiger partial charge in [-0.3, -0.25) is 9.59 Å². The molecule has 172 valence electrons. The molecule has 5 atom stereocenters. The smallest absolute Gasteiger partial charge is 0.239 e. The lowest BCUT2D eigenvalue weighted by Crippen LogP contribution is -2.79. The van der Waals surface area contributed by atoms with Crippen molar-refractivity contribution in [2.45, 2.75) is 82.8 Å². The predicted molar refractivity (Wildman–Crippen MR) is 123 cm³/mol. The van der Waals surface area contributed by atoms with E-state index in [4.69, 9.17) is 9.16 Å². The SMILES string of the molecule is COC1=C[C@]23CCC[C@@H](O[Si](C)(C)C(C)(C)C)[C@@]24C=C[C@H](N(C)C4=O)[C@@]1(C)C(=O)N3C. The molecule has 2 fully saturated rings. The van der Waals surface area contributed by atoms with Crippen molar-refractivity contribution in [2.24, 2.45) is 10.8 Å². The number of methoxy groups -OCH3 is 1. The van der Waals surface area contributed by atoms with E-state index in [-0.39, 0.29) is 29.0 Å². The van der Waals surface area contributed by atoms with Gasteiger partial charge in [0.05, 0.1) is 24.8 Å². The van der Waals surface area contributed by atoms with Gasteiger partial charge in [0.1, 0.15) is 16.6 Å². The summed E-state index contributed by atoms with van der Waals surface area (Å²) >= 11 is 0. The van der Waals surface area contributed by atoms with Crippen LogP contribution in [0.3, 0.4) is 0 Å². The van der Waals surface area contributed by atoms with Crippen molar-refractivity contribution >= 4 is 20.1 Å². The molecular weight excluding hydrogens is 408 g/mol. The standard InChI is InChI=1S/C24H38N2O4Si/c1-21(2,3)31(8,9)30-17-11-10-13-23-15-18(29-7)22(4,19(27)26(23)6)16-12-14-24(17,23)20(28)25(16)5/h12,14-17H,10-11,13H2,1-9H3/t16-,17+,22+,23+,24+/m0/s1. The molecule has 2 aliphatic carbocycles. The molecule has 0 aromatic rings. The second kappa shape index (κ2) is 6.47. The molecule has 2 amide bonds. The van der Waals surface area contributed by atoms with Crippen LogP contribution in [0, 0.1) is 10.8 Å². The highest BCUT2D eigenvalue weighted by molar-refractivity contribution is 6.74. The highest BCUT2D eigenvalue weighted by Crippen LogP contribution is 2.62. The van der Waals surface area contributed by atoms with Crippen molar-refractivity contribution < 1.29 is 18.8 Å². The summed E-state index contributed by atoms with van der Waals surface area (Å²) in [5.41, 5.74) is -2.69. The second-order valence-electron chi connectivity index (χ2n) is 11.6. The fraction of sp³-hybridized carbons (Fsp3) is 0.750. The minimum Gasteiger partial charge on any atom is -0.500 e.